The summed E-state index contributed by atoms with van der Waals surface area (Å²) in [4.78, 5) is 27.6. The predicted molar refractivity (Wildman–Crippen MR) is 107 cm³/mol. The summed E-state index contributed by atoms with van der Waals surface area (Å²) in [6.45, 7) is 1.43. The molecule has 2 amide bonds. The first-order chi connectivity index (χ1) is 13.5. The monoisotopic (exact) mass is 371 g/mol. The molecular formula is C21H17N5O2. The SMILES string of the molecule is CC(=O)Nc1ccc(NC(=O)c2cc(Nc3cccc(C#N)c3)ccn2)cc1. The van der Waals surface area contributed by atoms with Crippen LogP contribution in [0.3, 0.4) is 0 Å². The minimum atomic E-state index is -0.360. The fourth-order valence-corrected chi connectivity index (χ4v) is 2.50. The fourth-order valence-electron chi connectivity index (χ4n) is 2.50. The Hall–Kier alpha value is -4.18. The molecule has 7 heteroatoms. The Labute approximate surface area is 162 Å². The van der Waals surface area contributed by atoms with E-state index in [2.05, 4.69) is 27.0 Å². The molecule has 0 aliphatic rings. The van der Waals surface area contributed by atoms with Gasteiger partial charge in [-0.25, -0.2) is 0 Å². The van der Waals surface area contributed by atoms with Crippen LogP contribution in [-0.4, -0.2) is 16.8 Å². The standard InChI is InChI=1S/C21H17N5O2/c1-14(27)24-16-5-7-17(8-6-16)26-21(28)20-12-19(9-10-23-20)25-18-4-2-3-15(11-18)13-22/h2-12H,1H3,(H,23,25)(H,24,27)(H,26,28). The number of nitrogens with zero attached hydrogens (tertiary/aromatic N) is 2. The molecule has 0 unspecified atom stereocenters. The summed E-state index contributed by atoms with van der Waals surface area (Å²) in [6.07, 6.45) is 1.53. The molecule has 0 saturated heterocycles. The molecule has 0 saturated carbocycles. The van der Waals surface area contributed by atoms with Crippen LogP contribution in [0.1, 0.15) is 23.0 Å². The number of hydrogen-bond acceptors (Lipinski definition) is 5. The van der Waals surface area contributed by atoms with Gasteiger partial charge in [0.05, 0.1) is 11.6 Å². The van der Waals surface area contributed by atoms with Crippen molar-refractivity contribution < 1.29 is 9.59 Å². The number of amides is 2. The van der Waals surface area contributed by atoms with E-state index in [1.807, 2.05) is 6.07 Å². The molecule has 1 aromatic heterocycles. The minimum Gasteiger partial charge on any atom is -0.355 e. The molecule has 0 aliphatic heterocycles. The van der Waals surface area contributed by atoms with Gasteiger partial charge < -0.3 is 16.0 Å². The molecule has 0 bridgehead atoms. The van der Waals surface area contributed by atoms with Crippen LogP contribution in [0.4, 0.5) is 22.7 Å². The third-order valence-electron chi connectivity index (χ3n) is 3.74. The Morgan fingerprint density at radius 2 is 1.57 bits per heavy atom. The first-order valence-electron chi connectivity index (χ1n) is 8.46. The van der Waals surface area contributed by atoms with Crippen LogP contribution in [0, 0.1) is 11.3 Å². The molecule has 1 heterocycles. The molecule has 0 atom stereocenters. The van der Waals surface area contributed by atoms with Crippen LogP contribution in [0.5, 0.6) is 0 Å². The Bertz CT molecular complexity index is 1050. The fraction of sp³-hybridized carbons (Fsp3) is 0.0476. The van der Waals surface area contributed by atoms with Gasteiger partial charge in [-0.1, -0.05) is 6.07 Å². The number of carbonyl (C=O) groups is 2. The van der Waals surface area contributed by atoms with Crippen LogP contribution in [-0.2, 0) is 4.79 Å². The maximum Gasteiger partial charge on any atom is 0.274 e. The zero-order valence-electron chi connectivity index (χ0n) is 15.1. The molecule has 3 rings (SSSR count). The van der Waals surface area contributed by atoms with Crippen molar-refractivity contribution in [3.05, 3.63) is 78.1 Å². The van der Waals surface area contributed by atoms with E-state index in [1.165, 1.54) is 13.1 Å². The Morgan fingerprint density at radius 1 is 0.893 bits per heavy atom. The summed E-state index contributed by atoms with van der Waals surface area (Å²) in [5.74, 6) is -0.521. The minimum absolute atomic E-state index is 0.161. The zero-order valence-corrected chi connectivity index (χ0v) is 15.1. The van der Waals surface area contributed by atoms with Crippen molar-refractivity contribution in [3.8, 4) is 6.07 Å². The highest BCUT2D eigenvalue weighted by Crippen LogP contribution is 2.19. The second-order valence-corrected chi connectivity index (χ2v) is 5.96. The van der Waals surface area contributed by atoms with E-state index in [0.29, 0.717) is 22.6 Å². The smallest absolute Gasteiger partial charge is 0.274 e. The van der Waals surface area contributed by atoms with Crippen molar-refractivity contribution in [2.75, 3.05) is 16.0 Å². The Kier molecular flexibility index (Phi) is 5.63. The van der Waals surface area contributed by atoms with Gasteiger partial charge in [0.25, 0.3) is 5.91 Å². The number of anilines is 4. The number of benzene rings is 2. The number of aromatic nitrogens is 1. The predicted octanol–water partition coefficient (Wildman–Crippen LogP) is 3.91. The maximum absolute atomic E-state index is 12.5. The van der Waals surface area contributed by atoms with E-state index in [4.69, 9.17) is 5.26 Å². The number of hydrogen-bond donors (Lipinski definition) is 3. The number of carbonyl (C=O) groups excluding carboxylic acids is 2. The second-order valence-electron chi connectivity index (χ2n) is 5.96. The lowest BCUT2D eigenvalue weighted by Crippen LogP contribution is -2.14. The van der Waals surface area contributed by atoms with Crippen LogP contribution >= 0.6 is 0 Å². The first kappa shape index (κ1) is 18.6. The Balaban J connectivity index is 1.69. The lowest BCUT2D eigenvalue weighted by Gasteiger charge is -2.09. The highest BCUT2D eigenvalue weighted by molar-refractivity contribution is 6.03. The molecule has 0 aliphatic carbocycles. The molecule has 3 N–H and O–H groups in total. The lowest BCUT2D eigenvalue weighted by atomic mass is 10.2. The van der Waals surface area contributed by atoms with Gasteiger partial charge in [0, 0.05) is 35.9 Å². The number of nitriles is 1. The molecule has 0 spiro atoms. The van der Waals surface area contributed by atoms with E-state index in [-0.39, 0.29) is 17.5 Å². The van der Waals surface area contributed by atoms with Gasteiger partial charge in [-0.2, -0.15) is 5.26 Å². The summed E-state index contributed by atoms with van der Waals surface area (Å²) >= 11 is 0. The molecule has 7 nitrogen and oxygen atoms in total. The summed E-state index contributed by atoms with van der Waals surface area (Å²) in [7, 11) is 0. The summed E-state index contributed by atoms with van der Waals surface area (Å²) < 4.78 is 0. The van der Waals surface area contributed by atoms with E-state index < -0.39 is 0 Å². The van der Waals surface area contributed by atoms with Gasteiger partial charge in [0.15, 0.2) is 0 Å². The second kappa shape index (κ2) is 8.47. The first-order valence-corrected chi connectivity index (χ1v) is 8.46. The molecule has 138 valence electrons. The van der Waals surface area contributed by atoms with Gasteiger partial charge in [-0.3, -0.25) is 14.6 Å². The van der Waals surface area contributed by atoms with Crippen molar-refractivity contribution >= 4 is 34.6 Å². The van der Waals surface area contributed by atoms with E-state index in [1.54, 1.807) is 54.6 Å². The van der Waals surface area contributed by atoms with Crippen molar-refractivity contribution in [2.45, 2.75) is 6.92 Å². The van der Waals surface area contributed by atoms with Gasteiger partial charge in [-0.05, 0) is 54.6 Å². The number of pyridine rings is 1. The molecular weight excluding hydrogens is 354 g/mol. The van der Waals surface area contributed by atoms with E-state index in [9.17, 15) is 9.59 Å². The van der Waals surface area contributed by atoms with E-state index >= 15 is 0 Å². The molecule has 3 aromatic rings. The highest BCUT2D eigenvalue weighted by Gasteiger charge is 2.09. The molecule has 0 fully saturated rings. The summed E-state index contributed by atoms with van der Waals surface area (Å²) in [5, 5.41) is 17.6. The lowest BCUT2D eigenvalue weighted by molar-refractivity contribution is -0.114. The number of nitrogens with one attached hydrogen (secondary N) is 3. The molecule has 0 radical (unpaired) electrons. The average Bonchev–Trinajstić information content (AvgIpc) is 2.69. The normalized spacial score (nSPS) is 9.86. The topological polar surface area (TPSA) is 107 Å². The summed E-state index contributed by atoms with van der Waals surface area (Å²) in [6, 6.07) is 19.3. The van der Waals surface area contributed by atoms with E-state index in [0.717, 1.165) is 5.69 Å². The van der Waals surface area contributed by atoms with Crippen LogP contribution in [0.25, 0.3) is 0 Å². The van der Waals surface area contributed by atoms with Gasteiger partial charge in [0.2, 0.25) is 5.91 Å². The molecule has 28 heavy (non-hydrogen) atoms. The van der Waals surface area contributed by atoms with Crippen molar-refractivity contribution in [1.82, 2.24) is 4.98 Å². The van der Waals surface area contributed by atoms with Crippen LogP contribution < -0.4 is 16.0 Å². The Morgan fingerprint density at radius 3 is 2.25 bits per heavy atom. The quantitative estimate of drug-likeness (QED) is 0.630. The van der Waals surface area contributed by atoms with Crippen molar-refractivity contribution in [3.63, 3.8) is 0 Å². The largest absolute Gasteiger partial charge is 0.355 e. The zero-order chi connectivity index (χ0) is 19.9. The van der Waals surface area contributed by atoms with Crippen molar-refractivity contribution in [2.24, 2.45) is 0 Å². The summed E-state index contributed by atoms with van der Waals surface area (Å²) in [5.41, 5.74) is 3.43. The van der Waals surface area contributed by atoms with Gasteiger partial charge in [-0.15, -0.1) is 0 Å². The average molecular weight is 371 g/mol. The maximum atomic E-state index is 12.5. The van der Waals surface area contributed by atoms with Crippen LogP contribution in [0.2, 0.25) is 0 Å². The van der Waals surface area contributed by atoms with Gasteiger partial charge >= 0.3 is 0 Å². The third-order valence-corrected chi connectivity index (χ3v) is 3.74. The molecule has 2 aromatic carbocycles. The van der Waals surface area contributed by atoms with Gasteiger partial charge in [0.1, 0.15) is 5.69 Å². The number of rotatable bonds is 5. The highest BCUT2D eigenvalue weighted by atomic mass is 16.2. The third kappa shape index (κ3) is 4.93. The van der Waals surface area contributed by atoms with Crippen LogP contribution in [0.15, 0.2) is 66.9 Å². The van der Waals surface area contributed by atoms with Crippen molar-refractivity contribution in [1.29, 1.82) is 5.26 Å².